The largest absolute Gasteiger partial charge is 0.371 e. The van der Waals surface area contributed by atoms with Gasteiger partial charge in [0, 0.05) is 31.9 Å². The fraction of sp³-hybridized carbons (Fsp3) is 0.462. The van der Waals surface area contributed by atoms with E-state index in [1.165, 1.54) is 5.69 Å². The van der Waals surface area contributed by atoms with Crippen LogP contribution in [0, 0.1) is 23.2 Å². The highest BCUT2D eigenvalue weighted by atomic mass is 15.2. The van der Waals surface area contributed by atoms with E-state index in [9.17, 15) is 0 Å². The SMILES string of the molecule is N#Cc1ccc(N2CC3CNCC3C2)cc1. The van der Waals surface area contributed by atoms with E-state index in [4.69, 9.17) is 5.26 Å². The molecule has 2 aliphatic heterocycles. The van der Waals surface area contributed by atoms with E-state index in [1.54, 1.807) is 0 Å². The van der Waals surface area contributed by atoms with E-state index in [0.717, 1.165) is 43.6 Å². The predicted molar refractivity (Wildman–Crippen MR) is 63.2 cm³/mol. The van der Waals surface area contributed by atoms with Gasteiger partial charge < -0.3 is 10.2 Å². The summed E-state index contributed by atoms with van der Waals surface area (Å²) in [6.45, 7) is 4.64. The van der Waals surface area contributed by atoms with Gasteiger partial charge >= 0.3 is 0 Å². The van der Waals surface area contributed by atoms with Crippen LogP contribution in [0.3, 0.4) is 0 Å². The lowest BCUT2D eigenvalue weighted by Crippen LogP contribution is -2.25. The maximum absolute atomic E-state index is 8.75. The Hall–Kier alpha value is -1.53. The van der Waals surface area contributed by atoms with Crippen molar-refractivity contribution >= 4 is 5.69 Å². The Bertz CT molecular complexity index is 406. The fourth-order valence-corrected chi connectivity index (χ4v) is 2.81. The number of anilines is 1. The van der Waals surface area contributed by atoms with Crippen molar-refractivity contribution in [2.45, 2.75) is 0 Å². The highest BCUT2D eigenvalue weighted by Gasteiger charge is 2.35. The Morgan fingerprint density at radius 2 is 1.75 bits per heavy atom. The standard InChI is InChI=1S/C13H15N3/c14-5-10-1-3-13(4-2-10)16-8-11-6-15-7-12(11)9-16/h1-4,11-12,15H,6-9H2. The molecule has 1 aromatic rings. The Labute approximate surface area is 95.7 Å². The molecule has 82 valence electrons. The maximum Gasteiger partial charge on any atom is 0.0991 e. The first-order chi connectivity index (χ1) is 7.86. The first-order valence-electron chi connectivity index (χ1n) is 5.82. The Morgan fingerprint density at radius 3 is 2.31 bits per heavy atom. The van der Waals surface area contributed by atoms with Crippen molar-refractivity contribution < 1.29 is 0 Å². The van der Waals surface area contributed by atoms with Crippen LogP contribution in [-0.2, 0) is 0 Å². The average Bonchev–Trinajstić information content (AvgIpc) is 2.89. The zero-order valence-electron chi connectivity index (χ0n) is 9.19. The summed E-state index contributed by atoms with van der Waals surface area (Å²) in [5, 5.41) is 12.2. The third kappa shape index (κ3) is 1.56. The first kappa shape index (κ1) is 9.68. The Balaban J connectivity index is 1.76. The minimum Gasteiger partial charge on any atom is -0.371 e. The van der Waals surface area contributed by atoms with Crippen molar-refractivity contribution in [3.8, 4) is 6.07 Å². The summed E-state index contributed by atoms with van der Waals surface area (Å²) in [5.74, 6) is 1.63. The number of nitrogens with zero attached hydrogens (tertiary/aromatic N) is 2. The van der Waals surface area contributed by atoms with Crippen LogP contribution >= 0.6 is 0 Å². The summed E-state index contributed by atoms with van der Waals surface area (Å²) in [6.07, 6.45) is 0. The molecule has 2 saturated heterocycles. The lowest BCUT2D eigenvalue weighted by Gasteiger charge is -2.19. The first-order valence-corrected chi connectivity index (χ1v) is 5.82. The lowest BCUT2D eigenvalue weighted by atomic mass is 10.0. The lowest BCUT2D eigenvalue weighted by molar-refractivity contribution is 0.533. The molecule has 2 atom stereocenters. The highest BCUT2D eigenvalue weighted by Crippen LogP contribution is 2.30. The van der Waals surface area contributed by atoms with Crippen molar-refractivity contribution in [1.29, 1.82) is 5.26 Å². The van der Waals surface area contributed by atoms with Crippen molar-refractivity contribution in [2.75, 3.05) is 31.1 Å². The van der Waals surface area contributed by atoms with Gasteiger partial charge in [-0.2, -0.15) is 5.26 Å². The molecule has 3 rings (SSSR count). The van der Waals surface area contributed by atoms with Crippen molar-refractivity contribution in [1.82, 2.24) is 5.32 Å². The number of benzene rings is 1. The van der Waals surface area contributed by atoms with Crippen LogP contribution in [0.5, 0.6) is 0 Å². The van der Waals surface area contributed by atoms with Gasteiger partial charge in [-0.25, -0.2) is 0 Å². The molecule has 2 aliphatic rings. The number of nitrogens with one attached hydrogen (secondary N) is 1. The van der Waals surface area contributed by atoms with E-state index >= 15 is 0 Å². The molecule has 0 bridgehead atoms. The smallest absolute Gasteiger partial charge is 0.0991 e. The molecule has 0 aromatic heterocycles. The van der Waals surface area contributed by atoms with Gasteiger partial charge in [-0.1, -0.05) is 0 Å². The van der Waals surface area contributed by atoms with Gasteiger partial charge in [0.2, 0.25) is 0 Å². The van der Waals surface area contributed by atoms with E-state index < -0.39 is 0 Å². The Kier molecular flexibility index (Phi) is 2.30. The summed E-state index contributed by atoms with van der Waals surface area (Å²) in [5.41, 5.74) is 2.00. The molecule has 0 aliphatic carbocycles. The average molecular weight is 213 g/mol. The third-order valence-electron chi connectivity index (χ3n) is 3.75. The van der Waals surface area contributed by atoms with Gasteiger partial charge in [0.1, 0.15) is 0 Å². The molecule has 0 radical (unpaired) electrons. The van der Waals surface area contributed by atoms with E-state index in [-0.39, 0.29) is 0 Å². The van der Waals surface area contributed by atoms with Crippen LogP contribution in [-0.4, -0.2) is 26.2 Å². The Morgan fingerprint density at radius 1 is 1.12 bits per heavy atom. The summed E-state index contributed by atoms with van der Waals surface area (Å²) in [7, 11) is 0. The second-order valence-corrected chi connectivity index (χ2v) is 4.74. The molecule has 0 spiro atoms. The van der Waals surface area contributed by atoms with Crippen molar-refractivity contribution in [3.63, 3.8) is 0 Å². The molecule has 2 heterocycles. The third-order valence-corrected chi connectivity index (χ3v) is 3.75. The second-order valence-electron chi connectivity index (χ2n) is 4.74. The molecule has 2 unspecified atom stereocenters. The quantitative estimate of drug-likeness (QED) is 0.762. The molecule has 0 saturated carbocycles. The van der Waals surface area contributed by atoms with E-state index in [2.05, 4.69) is 28.4 Å². The minimum absolute atomic E-state index is 0.741. The molecule has 16 heavy (non-hydrogen) atoms. The predicted octanol–water partition coefficient (Wildman–Crippen LogP) is 1.21. The zero-order valence-corrected chi connectivity index (χ0v) is 9.19. The normalized spacial score (nSPS) is 27.8. The number of rotatable bonds is 1. The number of nitriles is 1. The van der Waals surface area contributed by atoms with Gasteiger partial charge in [0.15, 0.2) is 0 Å². The van der Waals surface area contributed by atoms with Gasteiger partial charge in [-0.15, -0.1) is 0 Å². The van der Waals surface area contributed by atoms with Crippen molar-refractivity contribution in [3.05, 3.63) is 29.8 Å². The number of hydrogen-bond acceptors (Lipinski definition) is 3. The number of fused-ring (bicyclic) bond motifs is 1. The van der Waals surface area contributed by atoms with Crippen LogP contribution in [0.2, 0.25) is 0 Å². The van der Waals surface area contributed by atoms with Crippen LogP contribution < -0.4 is 10.2 Å². The van der Waals surface area contributed by atoms with Crippen LogP contribution in [0.1, 0.15) is 5.56 Å². The molecular weight excluding hydrogens is 198 g/mol. The van der Waals surface area contributed by atoms with Gasteiger partial charge in [0.05, 0.1) is 11.6 Å². The topological polar surface area (TPSA) is 39.1 Å². The maximum atomic E-state index is 8.75. The van der Waals surface area contributed by atoms with Gasteiger partial charge in [0.25, 0.3) is 0 Å². The van der Waals surface area contributed by atoms with Crippen molar-refractivity contribution in [2.24, 2.45) is 11.8 Å². The molecule has 2 fully saturated rings. The van der Waals surface area contributed by atoms with Crippen LogP contribution in [0.15, 0.2) is 24.3 Å². The summed E-state index contributed by atoms with van der Waals surface area (Å²) in [6, 6.07) is 10.1. The molecule has 3 heteroatoms. The van der Waals surface area contributed by atoms with Crippen LogP contribution in [0.25, 0.3) is 0 Å². The van der Waals surface area contributed by atoms with Gasteiger partial charge in [-0.3, -0.25) is 0 Å². The van der Waals surface area contributed by atoms with Gasteiger partial charge in [-0.05, 0) is 36.1 Å². The molecule has 3 nitrogen and oxygen atoms in total. The monoisotopic (exact) mass is 213 g/mol. The fourth-order valence-electron chi connectivity index (χ4n) is 2.81. The minimum atomic E-state index is 0.741. The zero-order chi connectivity index (χ0) is 11.0. The molecule has 0 amide bonds. The summed E-state index contributed by atoms with van der Waals surface area (Å²) in [4.78, 5) is 2.44. The van der Waals surface area contributed by atoms with Crippen LogP contribution in [0.4, 0.5) is 5.69 Å². The highest BCUT2D eigenvalue weighted by molar-refractivity contribution is 5.50. The second kappa shape index (κ2) is 3.80. The van der Waals surface area contributed by atoms with E-state index in [0.29, 0.717) is 0 Å². The molecule has 1 N–H and O–H groups in total. The summed E-state index contributed by atoms with van der Waals surface area (Å²) >= 11 is 0. The molecular formula is C13H15N3. The number of hydrogen-bond donors (Lipinski definition) is 1. The summed E-state index contributed by atoms with van der Waals surface area (Å²) < 4.78 is 0. The van der Waals surface area contributed by atoms with E-state index in [1.807, 2.05) is 12.1 Å². The molecule has 1 aromatic carbocycles.